The third-order valence-electron chi connectivity index (χ3n) is 4.06. The molecule has 1 aliphatic heterocycles. The molecule has 1 unspecified atom stereocenters. The minimum Gasteiger partial charge on any atom is -0.385 e. The van der Waals surface area contributed by atoms with Gasteiger partial charge in [-0.05, 0) is 56.5 Å². The second kappa shape index (κ2) is 5.37. The molecule has 0 spiro atoms. The predicted molar refractivity (Wildman–Crippen MR) is 71.0 cm³/mol. The first-order valence-corrected chi connectivity index (χ1v) is 6.76. The first-order chi connectivity index (χ1) is 8.55. The summed E-state index contributed by atoms with van der Waals surface area (Å²) < 4.78 is 13.6. The number of nitrogens with zero attached hydrogens (tertiary/aromatic N) is 1. The molecule has 1 N–H and O–H groups in total. The van der Waals surface area contributed by atoms with Crippen molar-refractivity contribution in [2.75, 3.05) is 19.6 Å². The number of halogens is 1. The van der Waals surface area contributed by atoms with Gasteiger partial charge in [0, 0.05) is 6.54 Å². The zero-order chi connectivity index (χ0) is 13.2. The van der Waals surface area contributed by atoms with Crippen LogP contribution in [-0.2, 0) is 5.60 Å². The quantitative estimate of drug-likeness (QED) is 0.873. The van der Waals surface area contributed by atoms with E-state index in [1.807, 2.05) is 6.07 Å². The van der Waals surface area contributed by atoms with E-state index < -0.39 is 5.60 Å². The van der Waals surface area contributed by atoms with Crippen LogP contribution in [0.2, 0.25) is 0 Å². The number of likely N-dealkylation sites (tertiary alicyclic amines) is 1. The van der Waals surface area contributed by atoms with Crippen molar-refractivity contribution in [1.82, 2.24) is 4.90 Å². The Morgan fingerprint density at radius 3 is 2.78 bits per heavy atom. The van der Waals surface area contributed by atoms with E-state index in [-0.39, 0.29) is 5.82 Å². The molecule has 1 aromatic carbocycles. The summed E-state index contributed by atoms with van der Waals surface area (Å²) in [5, 5.41) is 10.8. The first kappa shape index (κ1) is 13.5. The molecule has 1 aromatic rings. The Balaban J connectivity index is 2.21. The molecule has 1 aliphatic rings. The lowest BCUT2D eigenvalue weighted by molar-refractivity contribution is 0.0211. The third-order valence-corrected chi connectivity index (χ3v) is 4.06. The van der Waals surface area contributed by atoms with Gasteiger partial charge in [0.2, 0.25) is 0 Å². The maximum absolute atomic E-state index is 13.6. The first-order valence-electron chi connectivity index (χ1n) is 6.76. The lowest BCUT2D eigenvalue weighted by Crippen LogP contribution is -2.29. The normalized spacial score (nSPS) is 26.0. The second-order valence-corrected chi connectivity index (χ2v) is 5.28. The topological polar surface area (TPSA) is 23.5 Å². The number of aryl methyl sites for hydroxylation is 1. The van der Waals surface area contributed by atoms with Crippen molar-refractivity contribution in [2.24, 2.45) is 0 Å². The molecule has 0 radical (unpaired) electrons. The van der Waals surface area contributed by atoms with Gasteiger partial charge >= 0.3 is 0 Å². The van der Waals surface area contributed by atoms with Gasteiger partial charge in [-0.1, -0.05) is 19.1 Å². The maximum Gasteiger partial charge on any atom is 0.126 e. The van der Waals surface area contributed by atoms with Crippen LogP contribution in [0.1, 0.15) is 37.3 Å². The Hall–Kier alpha value is -0.930. The van der Waals surface area contributed by atoms with E-state index in [9.17, 15) is 9.50 Å². The van der Waals surface area contributed by atoms with Crippen LogP contribution in [0.3, 0.4) is 0 Å². The highest BCUT2D eigenvalue weighted by Gasteiger charge is 2.32. The van der Waals surface area contributed by atoms with Gasteiger partial charge in [0.25, 0.3) is 0 Å². The Bertz CT molecular complexity index is 421. The average Bonchev–Trinajstić information content (AvgIpc) is 2.55. The van der Waals surface area contributed by atoms with E-state index in [1.165, 1.54) is 6.07 Å². The van der Waals surface area contributed by atoms with Crippen LogP contribution in [0.25, 0.3) is 0 Å². The monoisotopic (exact) mass is 251 g/mol. The zero-order valence-electron chi connectivity index (χ0n) is 11.2. The van der Waals surface area contributed by atoms with Gasteiger partial charge in [-0.15, -0.1) is 0 Å². The van der Waals surface area contributed by atoms with E-state index in [2.05, 4.69) is 11.8 Å². The molecule has 18 heavy (non-hydrogen) atoms. The Morgan fingerprint density at radius 1 is 1.33 bits per heavy atom. The summed E-state index contributed by atoms with van der Waals surface area (Å²) in [5.41, 5.74) is 0.494. The van der Waals surface area contributed by atoms with E-state index in [0.29, 0.717) is 18.4 Å². The highest BCUT2D eigenvalue weighted by Crippen LogP contribution is 2.33. The molecule has 0 aliphatic carbocycles. The van der Waals surface area contributed by atoms with Crippen LogP contribution in [0.15, 0.2) is 18.2 Å². The lowest BCUT2D eigenvalue weighted by Gasteiger charge is -2.27. The fourth-order valence-corrected chi connectivity index (χ4v) is 2.66. The van der Waals surface area contributed by atoms with Crippen LogP contribution < -0.4 is 0 Å². The molecule has 0 saturated carbocycles. The molecular formula is C15H22FNO. The fourth-order valence-electron chi connectivity index (χ4n) is 2.66. The van der Waals surface area contributed by atoms with Crippen LogP contribution in [-0.4, -0.2) is 29.6 Å². The number of hydrogen-bond donors (Lipinski definition) is 1. The van der Waals surface area contributed by atoms with Crippen LogP contribution >= 0.6 is 0 Å². The Morgan fingerprint density at radius 2 is 2.11 bits per heavy atom. The van der Waals surface area contributed by atoms with E-state index in [4.69, 9.17) is 0 Å². The fraction of sp³-hybridized carbons (Fsp3) is 0.600. The summed E-state index contributed by atoms with van der Waals surface area (Å²) >= 11 is 0. The van der Waals surface area contributed by atoms with Crippen LogP contribution in [0, 0.1) is 12.7 Å². The number of rotatable bonds is 2. The van der Waals surface area contributed by atoms with Crippen molar-refractivity contribution in [1.29, 1.82) is 0 Å². The van der Waals surface area contributed by atoms with E-state index >= 15 is 0 Å². The molecule has 2 nitrogen and oxygen atoms in total. The molecule has 1 fully saturated rings. The minimum absolute atomic E-state index is 0.225. The summed E-state index contributed by atoms with van der Waals surface area (Å²) in [6, 6.07) is 5.11. The Labute approximate surface area is 108 Å². The smallest absolute Gasteiger partial charge is 0.126 e. The highest BCUT2D eigenvalue weighted by molar-refractivity contribution is 5.28. The molecule has 1 heterocycles. The van der Waals surface area contributed by atoms with Crippen molar-refractivity contribution in [2.45, 2.75) is 38.7 Å². The van der Waals surface area contributed by atoms with Crippen molar-refractivity contribution < 1.29 is 9.50 Å². The van der Waals surface area contributed by atoms with Gasteiger partial charge in [-0.25, -0.2) is 4.39 Å². The van der Waals surface area contributed by atoms with Crippen molar-refractivity contribution in [3.05, 3.63) is 35.1 Å². The summed E-state index contributed by atoms with van der Waals surface area (Å²) in [5.74, 6) is -0.225. The molecule has 2 rings (SSSR count). The average molecular weight is 251 g/mol. The minimum atomic E-state index is -0.863. The molecule has 0 bridgehead atoms. The van der Waals surface area contributed by atoms with Gasteiger partial charge < -0.3 is 10.0 Å². The molecule has 100 valence electrons. The van der Waals surface area contributed by atoms with Gasteiger partial charge in [-0.3, -0.25) is 0 Å². The largest absolute Gasteiger partial charge is 0.385 e. The molecule has 3 heteroatoms. The summed E-state index contributed by atoms with van der Waals surface area (Å²) in [6.45, 7) is 6.79. The standard InChI is InChI=1S/C15H22FNO/c1-3-17-9-4-7-15(18,8-10-17)13-6-5-12(2)14(16)11-13/h5-6,11,18H,3-4,7-10H2,1-2H3. The van der Waals surface area contributed by atoms with Crippen LogP contribution in [0.5, 0.6) is 0 Å². The lowest BCUT2D eigenvalue weighted by atomic mass is 9.86. The second-order valence-electron chi connectivity index (χ2n) is 5.28. The predicted octanol–water partition coefficient (Wildman–Crippen LogP) is 2.83. The van der Waals surface area contributed by atoms with Crippen molar-refractivity contribution in [3.8, 4) is 0 Å². The Kier molecular flexibility index (Phi) is 4.03. The van der Waals surface area contributed by atoms with Gasteiger partial charge in [-0.2, -0.15) is 0 Å². The number of benzene rings is 1. The van der Waals surface area contributed by atoms with Crippen LogP contribution in [0.4, 0.5) is 4.39 Å². The zero-order valence-corrected chi connectivity index (χ0v) is 11.2. The van der Waals surface area contributed by atoms with Gasteiger partial charge in [0.1, 0.15) is 5.82 Å². The SMILES string of the molecule is CCN1CCCC(O)(c2ccc(C)c(F)c2)CC1. The third kappa shape index (κ3) is 2.73. The van der Waals surface area contributed by atoms with Crippen molar-refractivity contribution in [3.63, 3.8) is 0 Å². The summed E-state index contributed by atoms with van der Waals surface area (Å²) in [4.78, 5) is 2.34. The highest BCUT2D eigenvalue weighted by atomic mass is 19.1. The van der Waals surface area contributed by atoms with Crippen molar-refractivity contribution >= 4 is 0 Å². The molecule has 0 amide bonds. The molecule has 1 atom stereocenters. The van der Waals surface area contributed by atoms with Gasteiger partial charge in [0.05, 0.1) is 5.60 Å². The number of hydrogen-bond acceptors (Lipinski definition) is 2. The van der Waals surface area contributed by atoms with Gasteiger partial charge in [0.15, 0.2) is 0 Å². The summed E-state index contributed by atoms with van der Waals surface area (Å²) in [6.07, 6.45) is 2.36. The number of aliphatic hydroxyl groups is 1. The van der Waals surface area contributed by atoms with E-state index in [0.717, 1.165) is 31.6 Å². The summed E-state index contributed by atoms with van der Waals surface area (Å²) in [7, 11) is 0. The van der Waals surface area contributed by atoms with E-state index in [1.54, 1.807) is 13.0 Å². The maximum atomic E-state index is 13.6. The molecule has 1 saturated heterocycles. The molecular weight excluding hydrogens is 229 g/mol. The molecule has 0 aromatic heterocycles.